The van der Waals surface area contributed by atoms with Crippen molar-refractivity contribution < 1.29 is 29.3 Å². The predicted octanol–water partition coefficient (Wildman–Crippen LogP) is 6.04. The number of fused-ring (bicyclic) bond motifs is 1. The minimum Gasteiger partial charge on any atom is -0.508 e. The maximum absolute atomic E-state index is 14.1. The van der Waals surface area contributed by atoms with E-state index in [1.165, 1.54) is 24.2 Å². The molecule has 0 amide bonds. The summed E-state index contributed by atoms with van der Waals surface area (Å²) in [6.07, 6.45) is 3.98. The molecule has 0 spiro atoms. The summed E-state index contributed by atoms with van der Waals surface area (Å²) in [4.78, 5) is 30.8. The smallest absolute Gasteiger partial charge is 0.320 e. The van der Waals surface area contributed by atoms with Gasteiger partial charge in [0.15, 0.2) is 5.78 Å². The number of thiophene rings is 1. The van der Waals surface area contributed by atoms with Crippen molar-refractivity contribution >= 4 is 33.2 Å². The summed E-state index contributed by atoms with van der Waals surface area (Å²) in [6.45, 7) is 4.67. The molecule has 0 aliphatic carbocycles. The van der Waals surface area contributed by atoms with Crippen LogP contribution in [0.3, 0.4) is 0 Å². The molecule has 9 heteroatoms. The Labute approximate surface area is 255 Å². The number of phenols is 1. The van der Waals surface area contributed by atoms with Crippen LogP contribution in [-0.2, 0) is 11.3 Å². The number of aliphatic carboxylic acids is 1. The van der Waals surface area contributed by atoms with Gasteiger partial charge in [0.1, 0.15) is 29.9 Å². The molecule has 0 saturated carbocycles. The van der Waals surface area contributed by atoms with Crippen LogP contribution in [0.1, 0.15) is 47.2 Å². The van der Waals surface area contributed by atoms with Crippen molar-refractivity contribution in [2.45, 2.75) is 38.3 Å². The van der Waals surface area contributed by atoms with Crippen LogP contribution in [0.4, 0.5) is 0 Å². The standard InChI is InChI=1S/C34H36N2O6S/c1-41-29-19-23(6-7-24(29)21-35-14-2-3-15-35)32(38)31-27-13-10-25(37)20-30(27)43-33(31)22-8-11-26(12-9-22)42-18-17-36-16-4-5-28(36)34(39)40/h6-13,19-20,28,37H,2-5,14-18,21H2,1H3,(H,39,40). The topological polar surface area (TPSA) is 99.5 Å². The fourth-order valence-corrected chi connectivity index (χ4v) is 7.45. The van der Waals surface area contributed by atoms with E-state index in [1.54, 1.807) is 25.3 Å². The van der Waals surface area contributed by atoms with E-state index in [-0.39, 0.29) is 11.5 Å². The van der Waals surface area contributed by atoms with Crippen LogP contribution in [0.15, 0.2) is 60.7 Å². The number of benzene rings is 3. The van der Waals surface area contributed by atoms with Crippen LogP contribution in [0.5, 0.6) is 17.2 Å². The van der Waals surface area contributed by atoms with Crippen LogP contribution >= 0.6 is 11.3 Å². The summed E-state index contributed by atoms with van der Waals surface area (Å²) in [5.41, 5.74) is 3.09. The molecule has 2 N–H and O–H groups in total. The van der Waals surface area contributed by atoms with Gasteiger partial charge in [-0.25, -0.2) is 0 Å². The van der Waals surface area contributed by atoms with Crippen LogP contribution in [-0.4, -0.2) is 77.7 Å². The summed E-state index contributed by atoms with van der Waals surface area (Å²) >= 11 is 1.47. The Kier molecular flexibility index (Phi) is 8.65. The lowest BCUT2D eigenvalue weighted by atomic mass is 9.96. The number of ketones is 1. The van der Waals surface area contributed by atoms with Gasteiger partial charge in [0.25, 0.3) is 0 Å². The molecule has 3 heterocycles. The Hall–Kier alpha value is -3.92. The monoisotopic (exact) mass is 600 g/mol. The molecule has 0 radical (unpaired) electrons. The van der Waals surface area contributed by atoms with Crippen molar-refractivity contribution in [3.63, 3.8) is 0 Å². The Balaban J connectivity index is 1.25. The van der Waals surface area contributed by atoms with Gasteiger partial charge in [-0.15, -0.1) is 11.3 Å². The number of likely N-dealkylation sites (tertiary alicyclic amines) is 2. The molecule has 8 nitrogen and oxygen atoms in total. The van der Waals surface area contributed by atoms with Gasteiger partial charge < -0.3 is 19.7 Å². The second-order valence-electron chi connectivity index (χ2n) is 11.2. The molecule has 1 aromatic heterocycles. The third-order valence-corrected chi connectivity index (χ3v) is 9.66. The minimum absolute atomic E-state index is 0.100. The summed E-state index contributed by atoms with van der Waals surface area (Å²) in [5.74, 6) is 0.665. The van der Waals surface area contributed by atoms with E-state index >= 15 is 0 Å². The van der Waals surface area contributed by atoms with E-state index in [4.69, 9.17) is 9.47 Å². The molecule has 6 rings (SSSR count). The first kappa shape index (κ1) is 29.2. The zero-order valence-corrected chi connectivity index (χ0v) is 25.1. The molecule has 1 atom stereocenters. The zero-order valence-electron chi connectivity index (χ0n) is 24.3. The van der Waals surface area contributed by atoms with Crippen molar-refractivity contribution in [3.8, 4) is 27.7 Å². The molecular weight excluding hydrogens is 564 g/mol. The fourth-order valence-electron chi connectivity index (χ4n) is 6.21. The SMILES string of the molecule is COc1cc(C(=O)c2c(-c3ccc(OCCN4CCCC4C(=O)O)cc3)sc3cc(O)ccc23)ccc1CN1CCCC1. The summed E-state index contributed by atoms with van der Waals surface area (Å²) in [6, 6.07) is 18.0. The Morgan fingerprint density at radius 2 is 1.77 bits per heavy atom. The van der Waals surface area contributed by atoms with Gasteiger partial charge >= 0.3 is 5.97 Å². The van der Waals surface area contributed by atoms with Gasteiger partial charge in [0.05, 0.1) is 7.11 Å². The van der Waals surface area contributed by atoms with E-state index in [1.807, 2.05) is 47.4 Å². The van der Waals surface area contributed by atoms with E-state index < -0.39 is 12.0 Å². The number of carbonyl (C=O) groups excluding carboxylic acids is 1. The maximum atomic E-state index is 14.1. The molecule has 2 aliphatic rings. The molecule has 1 unspecified atom stereocenters. The minimum atomic E-state index is -0.777. The quantitative estimate of drug-likeness (QED) is 0.201. The van der Waals surface area contributed by atoms with Crippen molar-refractivity contribution in [1.29, 1.82) is 0 Å². The highest BCUT2D eigenvalue weighted by atomic mass is 32.1. The molecule has 43 heavy (non-hydrogen) atoms. The van der Waals surface area contributed by atoms with Gasteiger partial charge in [0.2, 0.25) is 0 Å². The third kappa shape index (κ3) is 6.25. The molecule has 4 aromatic rings. The second kappa shape index (κ2) is 12.8. The van der Waals surface area contributed by atoms with Crippen molar-refractivity contribution in [2.24, 2.45) is 0 Å². The molecule has 0 bridgehead atoms. The lowest BCUT2D eigenvalue weighted by Gasteiger charge is -2.20. The second-order valence-corrected chi connectivity index (χ2v) is 12.3. The normalized spacial score (nSPS) is 17.5. The summed E-state index contributed by atoms with van der Waals surface area (Å²) < 4.78 is 12.5. The average Bonchev–Trinajstić information content (AvgIpc) is 3.77. The van der Waals surface area contributed by atoms with Gasteiger partial charge in [-0.3, -0.25) is 19.4 Å². The van der Waals surface area contributed by atoms with Gasteiger partial charge in [-0.05, 0) is 99.4 Å². The molecule has 3 aromatic carbocycles. The van der Waals surface area contributed by atoms with Crippen LogP contribution < -0.4 is 9.47 Å². The summed E-state index contributed by atoms with van der Waals surface area (Å²) in [7, 11) is 1.64. The van der Waals surface area contributed by atoms with E-state index in [0.717, 1.165) is 58.7 Å². The molecule has 2 saturated heterocycles. The Morgan fingerprint density at radius 1 is 0.977 bits per heavy atom. The number of ether oxygens (including phenoxy) is 2. The fraction of sp³-hybridized carbons (Fsp3) is 0.353. The van der Waals surface area contributed by atoms with Crippen molar-refractivity contribution in [2.75, 3.05) is 39.9 Å². The highest BCUT2D eigenvalue weighted by Crippen LogP contribution is 2.42. The number of phenolic OH excluding ortho intramolecular Hbond substituents is 1. The molecule has 2 fully saturated rings. The maximum Gasteiger partial charge on any atom is 0.320 e. The largest absolute Gasteiger partial charge is 0.508 e. The number of rotatable bonds is 11. The number of carbonyl (C=O) groups is 2. The number of hydrogen-bond donors (Lipinski definition) is 2. The van der Waals surface area contributed by atoms with Crippen LogP contribution in [0, 0.1) is 0 Å². The zero-order chi connectivity index (χ0) is 29.9. The highest BCUT2D eigenvalue weighted by Gasteiger charge is 2.30. The number of methoxy groups -OCH3 is 1. The molecule has 2 aliphatic heterocycles. The Morgan fingerprint density at radius 3 is 2.51 bits per heavy atom. The van der Waals surface area contributed by atoms with E-state index in [2.05, 4.69) is 4.90 Å². The van der Waals surface area contributed by atoms with Crippen molar-refractivity contribution in [1.82, 2.24) is 9.80 Å². The highest BCUT2D eigenvalue weighted by molar-refractivity contribution is 7.22. The first-order chi connectivity index (χ1) is 20.9. The average molecular weight is 601 g/mol. The van der Waals surface area contributed by atoms with Gasteiger partial charge in [-0.1, -0.05) is 12.1 Å². The van der Waals surface area contributed by atoms with Crippen LogP contribution in [0.2, 0.25) is 0 Å². The number of nitrogens with zero attached hydrogens (tertiary/aromatic N) is 2. The lowest BCUT2D eigenvalue weighted by Crippen LogP contribution is -2.38. The number of hydrogen-bond acceptors (Lipinski definition) is 8. The van der Waals surface area contributed by atoms with E-state index in [0.29, 0.717) is 42.2 Å². The third-order valence-electron chi connectivity index (χ3n) is 8.46. The Bertz CT molecular complexity index is 1630. The lowest BCUT2D eigenvalue weighted by molar-refractivity contribution is -0.142. The first-order valence-electron chi connectivity index (χ1n) is 14.8. The van der Waals surface area contributed by atoms with E-state index in [9.17, 15) is 19.8 Å². The van der Waals surface area contributed by atoms with Gasteiger partial charge in [0, 0.05) is 44.7 Å². The number of carboxylic acids is 1. The first-order valence-corrected chi connectivity index (χ1v) is 15.6. The number of carboxylic acid groups (broad SMARTS) is 1. The summed E-state index contributed by atoms with van der Waals surface area (Å²) in [5, 5.41) is 20.4. The molecular formula is C34H36N2O6S. The van der Waals surface area contributed by atoms with Crippen molar-refractivity contribution in [3.05, 3.63) is 77.4 Å². The van der Waals surface area contributed by atoms with Gasteiger partial charge in [-0.2, -0.15) is 0 Å². The predicted molar refractivity (Wildman–Crippen MR) is 168 cm³/mol. The number of aromatic hydroxyl groups is 1. The van der Waals surface area contributed by atoms with Crippen LogP contribution in [0.25, 0.3) is 20.5 Å². The molecule has 224 valence electrons.